The van der Waals surface area contributed by atoms with Crippen molar-refractivity contribution in [3.63, 3.8) is 0 Å². The van der Waals surface area contributed by atoms with Crippen LogP contribution in [0.1, 0.15) is 68.9 Å². The number of carbonyl (C=O) groups is 3. The lowest BCUT2D eigenvalue weighted by atomic mass is 9.50. The van der Waals surface area contributed by atoms with Gasteiger partial charge in [0, 0.05) is 29.2 Å². The smallest absolute Gasteiger partial charge is 0.481 e. The molecule has 1 spiro atoms. The minimum atomic E-state index is -1.37. The Balaban J connectivity index is 1.23. The van der Waals surface area contributed by atoms with Crippen LogP contribution < -0.4 is 10.1 Å². The maximum atomic E-state index is 13.5. The summed E-state index contributed by atoms with van der Waals surface area (Å²) in [5, 5.41) is 25.1. The Hall–Kier alpha value is -3.93. The van der Waals surface area contributed by atoms with Gasteiger partial charge in [0.15, 0.2) is 6.10 Å². The third-order valence-electron chi connectivity index (χ3n) is 9.50. The first kappa shape index (κ1) is 31.1. The van der Waals surface area contributed by atoms with Gasteiger partial charge in [-0.25, -0.2) is 9.59 Å². The monoisotopic (exact) mass is 620 g/mol. The van der Waals surface area contributed by atoms with Gasteiger partial charge in [-0.1, -0.05) is 42.5 Å². The zero-order chi connectivity index (χ0) is 32.3. The molecule has 2 heterocycles. The molecule has 2 aromatic rings. The molecule has 0 saturated carbocycles. The highest BCUT2D eigenvalue weighted by Gasteiger charge is 2.72. The quantitative estimate of drug-likeness (QED) is 0.395. The molecule has 2 aromatic carbocycles. The Labute approximate surface area is 262 Å². The van der Waals surface area contributed by atoms with E-state index in [1.54, 1.807) is 57.2 Å². The van der Waals surface area contributed by atoms with Crippen LogP contribution in [0.5, 0.6) is 5.75 Å². The number of likely N-dealkylation sites (tertiary alicyclic amines) is 1. The van der Waals surface area contributed by atoms with Crippen LogP contribution in [0.15, 0.2) is 54.3 Å². The molecule has 2 aliphatic carbocycles. The summed E-state index contributed by atoms with van der Waals surface area (Å²) >= 11 is 0. The predicted molar refractivity (Wildman–Crippen MR) is 161 cm³/mol. The van der Waals surface area contributed by atoms with E-state index in [2.05, 4.69) is 10.2 Å². The number of nitrogens with one attached hydrogen (secondary N) is 1. The second kappa shape index (κ2) is 11.1. The molecule has 0 radical (unpaired) electrons. The predicted octanol–water partition coefficient (Wildman–Crippen LogP) is 3.20. The van der Waals surface area contributed by atoms with Crippen molar-refractivity contribution >= 4 is 18.0 Å². The van der Waals surface area contributed by atoms with Crippen LogP contribution in [0.2, 0.25) is 0 Å². The summed E-state index contributed by atoms with van der Waals surface area (Å²) in [4.78, 5) is 41.6. The number of piperidine rings is 1. The van der Waals surface area contributed by atoms with Crippen LogP contribution in [-0.2, 0) is 42.2 Å². The molecular weight excluding hydrogens is 580 g/mol. The summed E-state index contributed by atoms with van der Waals surface area (Å²) in [5.74, 6) is -0.680. The Bertz CT molecular complexity index is 1550. The normalized spacial score (nSPS) is 27.7. The molecular formula is C34H40N2O9. The average Bonchev–Trinajstić information content (AvgIpc) is 3.34. The van der Waals surface area contributed by atoms with Gasteiger partial charge in [-0.05, 0) is 65.8 Å². The summed E-state index contributed by atoms with van der Waals surface area (Å²) in [7, 11) is 2.01. The number of rotatable bonds is 7. The van der Waals surface area contributed by atoms with E-state index in [1.807, 2.05) is 19.2 Å². The second-order valence-corrected chi connectivity index (χ2v) is 13.4. The lowest BCUT2D eigenvalue weighted by molar-refractivity contribution is -0.170. The number of likely N-dealkylation sites (N-methyl/N-ethyl adjacent to an activating group) is 1. The first-order valence-electron chi connectivity index (χ1n) is 15.3. The van der Waals surface area contributed by atoms with Gasteiger partial charge in [0.25, 0.3) is 5.91 Å². The van der Waals surface area contributed by atoms with Gasteiger partial charge in [-0.2, -0.15) is 0 Å². The van der Waals surface area contributed by atoms with Gasteiger partial charge in [0.05, 0.1) is 17.6 Å². The minimum absolute atomic E-state index is 0.164. The van der Waals surface area contributed by atoms with Crippen molar-refractivity contribution in [2.24, 2.45) is 0 Å². The lowest BCUT2D eigenvalue weighted by Crippen LogP contribution is -2.74. The Morgan fingerprint density at radius 3 is 2.58 bits per heavy atom. The minimum Gasteiger partial charge on any atom is -0.481 e. The largest absolute Gasteiger partial charge is 0.509 e. The van der Waals surface area contributed by atoms with Crippen LogP contribution >= 0.6 is 0 Å². The number of carbonyl (C=O) groups excluding carboxylic acids is 3. The first-order chi connectivity index (χ1) is 21.3. The van der Waals surface area contributed by atoms with Gasteiger partial charge in [-0.3, -0.25) is 4.79 Å². The molecule has 2 aliphatic heterocycles. The first-order valence-corrected chi connectivity index (χ1v) is 15.3. The van der Waals surface area contributed by atoms with E-state index in [4.69, 9.17) is 18.9 Å². The van der Waals surface area contributed by atoms with Crippen molar-refractivity contribution < 1.29 is 43.5 Å². The fourth-order valence-electron chi connectivity index (χ4n) is 7.46. The maximum absolute atomic E-state index is 13.5. The highest BCUT2D eigenvalue weighted by Crippen LogP contribution is 2.64. The molecule has 0 unspecified atom stereocenters. The van der Waals surface area contributed by atoms with Crippen LogP contribution in [0.3, 0.4) is 0 Å². The number of esters is 1. The summed E-state index contributed by atoms with van der Waals surface area (Å²) in [6, 6.07) is 11.0. The van der Waals surface area contributed by atoms with Crippen LogP contribution in [0, 0.1) is 0 Å². The fraction of sp³-hybridized carbons (Fsp3) is 0.500. The van der Waals surface area contributed by atoms with E-state index in [-0.39, 0.29) is 24.8 Å². The third kappa shape index (κ3) is 5.07. The van der Waals surface area contributed by atoms with Gasteiger partial charge in [0.1, 0.15) is 23.2 Å². The number of aliphatic hydroxyl groups excluding tert-OH is 1. The van der Waals surface area contributed by atoms with Crippen molar-refractivity contribution in [1.29, 1.82) is 0 Å². The lowest BCUT2D eigenvalue weighted by Gasteiger charge is -2.61. The van der Waals surface area contributed by atoms with E-state index in [1.165, 1.54) is 6.92 Å². The molecule has 4 aliphatic rings. The molecule has 1 fully saturated rings. The van der Waals surface area contributed by atoms with E-state index in [0.717, 1.165) is 11.1 Å². The molecule has 240 valence electrons. The summed E-state index contributed by atoms with van der Waals surface area (Å²) in [6.45, 7) is 7.00. The van der Waals surface area contributed by atoms with Crippen molar-refractivity contribution in [1.82, 2.24) is 10.2 Å². The van der Waals surface area contributed by atoms with Crippen molar-refractivity contribution in [3.05, 3.63) is 76.6 Å². The Morgan fingerprint density at radius 1 is 1.16 bits per heavy atom. The Morgan fingerprint density at radius 2 is 1.89 bits per heavy atom. The van der Waals surface area contributed by atoms with Crippen molar-refractivity contribution in [3.8, 4) is 5.75 Å². The van der Waals surface area contributed by atoms with Gasteiger partial charge in [0.2, 0.25) is 6.10 Å². The van der Waals surface area contributed by atoms with Gasteiger partial charge in [-0.15, -0.1) is 0 Å². The number of hydrogen-bond donors (Lipinski definition) is 3. The molecule has 6 atom stereocenters. The molecule has 11 nitrogen and oxygen atoms in total. The molecule has 1 saturated heterocycles. The zero-order valence-electron chi connectivity index (χ0n) is 26.2. The van der Waals surface area contributed by atoms with Gasteiger partial charge < -0.3 is 39.4 Å². The third-order valence-corrected chi connectivity index (χ3v) is 9.50. The molecule has 3 N–H and O–H groups in total. The summed E-state index contributed by atoms with van der Waals surface area (Å²) < 4.78 is 23.1. The van der Waals surface area contributed by atoms with E-state index >= 15 is 0 Å². The average molecular weight is 621 g/mol. The van der Waals surface area contributed by atoms with E-state index in [9.17, 15) is 24.6 Å². The standard InChI is InChI=1S/C34H40N2O9/c1-19(35-29(38)27(20-9-7-6-8-10-20)44-31(40)45-32(2,3)4)30(39)42-23-13-14-34(41)24-17-21-11-12-22(18-37)26-25(21)33(34,28(23)43-26)15-16-36(24)5/h6-13,19,24,27-28,37,41H,14-18H2,1-5H3,(H,35,38)/t19-,24+,27-,28-,33-,34+/m0/s1. The number of aliphatic hydroxyl groups is 2. The van der Waals surface area contributed by atoms with Gasteiger partial charge >= 0.3 is 12.1 Å². The molecule has 2 bridgehead atoms. The van der Waals surface area contributed by atoms with Crippen LogP contribution in [0.25, 0.3) is 0 Å². The highest BCUT2D eigenvalue weighted by molar-refractivity contribution is 5.89. The Kier molecular flexibility index (Phi) is 7.70. The number of benzene rings is 2. The van der Waals surface area contributed by atoms with Crippen molar-refractivity contribution in [2.45, 2.75) is 94.5 Å². The topological polar surface area (TPSA) is 144 Å². The maximum Gasteiger partial charge on any atom is 0.509 e. The molecule has 1 amide bonds. The molecule has 11 heteroatoms. The van der Waals surface area contributed by atoms with E-state index in [0.29, 0.717) is 36.3 Å². The SMILES string of the molecule is C[C@H](NC(=O)[C@@H](OC(=O)OC(C)(C)C)c1ccccc1)C(=O)OC1=CC[C@@]2(O)[C@H]3Cc4ccc(CO)c5c4[C@@]2(CCN3C)[C@H]1O5. The zero-order valence-corrected chi connectivity index (χ0v) is 26.2. The number of nitrogens with zero attached hydrogens (tertiary/aromatic N) is 1. The van der Waals surface area contributed by atoms with Crippen LogP contribution in [-0.4, -0.2) is 76.1 Å². The number of amides is 1. The molecule has 45 heavy (non-hydrogen) atoms. The molecule has 0 aromatic heterocycles. The second-order valence-electron chi connectivity index (χ2n) is 13.4. The van der Waals surface area contributed by atoms with Crippen molar-refractivity contribution in [2.75, 3.05) is 13.6 Å². The summed E-state index contributed by atoms with van der Waals surface area (Å²) in [6.07, 6.45) is -0.0436. The molecule has 6 rings (SSSR count). The van der Waals surface area contributed by atoms with Crippen LogP contribution in [0.4, 0.5) is 4.79 Å². The number of hydrogen-bond acceptors (Lipinski definition) is 10. The highest BCUT2D eigenvalue weighted by atomic mass is 16.7. The fourth-order valence-corrected chi connectivity index (χ4v) is 7.46. The summed E-state index contributed by atoms with van der Waals surface area (Å²) in [5.41, 5.74) is 0.0774. The number of ether oxygens (including phenoxy) is 4. The van der Waals surface area contributed by atoms with E-state index < -0.39 is 52.9 Å².